The lowest BCUT2D eigenvalue weighted by atomic mass is 9.83. The van der Waals surface area contributed by atoms with E-state index >= 15 is 0 Å². The molecule has 1 atom stereocenters. The molecular weight excluding hydrogens is 392 g/mol. The van der Waals surface area contributed by atoms with E-state index in [1.165, 1.54) is 0 Å². The second-order valence-corrected chi connectivity index (χ2v) is 7.75. The average molecular weight is 409 g/mol. The molecule has 0 saturated heterocycles. The Morgan fingerprint density at radius 2 is 1.77 bits per heavy atom. The molecule has 1 aliphatic heterocycles. The van der Waals surface area contributed by atoms with Crippen LogP contribution in [0.15, 0.2) is 90.1 Å². The van der Waals surface area contributed by atoms with Crippen molar-refractivity contribution in [1.29, 1.82) is 5.26 Å². The second-order valence-electron chi connectivity index (χ2n) is 7.31. The fraction of sp³-hybridized carbons (Fsp3) is 0.0800. The van der Waals surface area contributed by atoms with Crippen LogP contribution < -0.4 is 5.32 Å². The molecule has 3 aromatic carbocycles. The zero-order chi connectivity index (χ0) is 20.6. The summed E-state index contributed by atoms with van der Waals surface area (Å²) in [7, 11) is 0. The Bertz CT molecular complexity index is 1320. The highest BCUT2D eigenvalue weighted by molar-refractivity contribution is 6.30. The topological polar surface area (TPSA) is 61.1 Å². The Balaban J connectivity index is 1.63. The van der Waals surface area contributed by atoms with E-state index in [4.69, 9.17) is 16.6 Å². The fourth-order valence-corrected chi connectivity index (χ4v) is 4.04. The molecule has 0 aliphatic carbocycles. The molecule has 1 aliphatic rings. The van der Waals surface area contributed by atoms with Crippen molar-refractivity contribution in [3.05, 3.63) is 112 Å². The van der Waals surface area contributed by atoms with Gasteiger partial charge in [0.25, 0.3) is 0 Å². The van der Waals surface area contributed by atoms with Crippen LogP contribution >= 0.6 is 11.6 Å². The van der Waals surface area contributed by atoms with Gasteiger partial charge in [0.15, 0.2) is 0 Å². The normalized spacial score (nSPS) is 17.9. The van der Waals surface area contributed by atoms with Crippen molar-refractivity contribution >= 4 is 28.3 Å². The molecule has 4 aromatic rings. The van der Waals surface area contributed by atoms with Crippen molar-refractivity contribution < 1.29 is 0 Å². The molecule has 4 nitrogen and oxygen atoms in total. The number of para-hydroxylation sites is 1. The zero-order valence-corrected chi connectivity index (χ0v) is 16.8. The summed E-state index contributed by atoms with van der Waals surface area (Å²) in [6, 6.07) is 27.7. The van der Waals surface area contributed by atoms with Gasteiger partial charge >= 0.3 is 0 Å². The van der Waals surface area contributed by atoms with Crippen LogP contribution in [0.5, 0.6) is 0 Å². The van der Waals surface area contributed by atoms with Crippen LogP contribution in [-0.2, 0) is 5.54 Å². The number of rotatable bonds is 3. The van der Waals surface area contributed by atoms with Crippen molar-refractivity contribution in [2.45, 2.75) is 5.54 Å². The summed E-state index contributed by atoms with van der Waals surface area (Å²) >= 11 is 6.15. The van der Waals surface area contributed by atoms with Gasteiger partial charge in [-0.25, -0.2) is 0 Å². The molecule has 0 bridgehead atoms. The molecule has 1 N–H and O–H groups in total. The number of aliphatic imine (C=N–C) groups is 1. The summed E-state index contributed by atoms with van der Waals surface area (Å²) in [6.45, 7) is 0.515. The van der Waals surface area contributed by atoms with Crippen LogP contribution in [0.2, 0.25) is 5.02 Å². The van der Waals surface area contributed by atoms with Crippen LogP contribution in [0.4, 0.5) is 0 Å². The summed E-state index contributed by atoms with van der Waals surface area (Å²) in [5.41, 5.74) is 3.96. The number of pyridine rings is 1. The minimum atomic E-state index is -0.570. The van der Waals surface area contributed by atoms with Gasteiger partial charge in [-0.3, -0.25) is 9.98 Å². The third-order valence-corrected chi connectivity index (χ3v) is 5.74. The summed E-state index contributed by atoms with van der Waals surface area (Å²) < 4.78 is 0. The maximum absolute atomic E-state index is 9.26. The molecule has 0 spiro atoms. The third kappa shape index (κ3) is 3.10. The maximum Gasteiger partial charge on any atom is 0.129 e. The SMILES string of the molecule is N#Cc1cccc(C2=NCC(c3ccc(Cl)cc3)(c3cnc4ccccc4c3)N2)c1. The molecule has 5 rings (SSSR count). The minimum absolute atomic E-state index is 0.515. The highest BCUT2D eigenvalue weighted by atomic mass is 35.5. The number of nitriles is 1. The first-order chi connectivity index (χ1) is 14.7. The van der Waals surface area contributed by atoms with E-state index in [1.54, 1.807) is 6.07 Å². The number of hydrogen-bond donors (Lipinski definition) is 1. The fourth-order valence-electron chi connectivity index (χ4n) is 3.91. The molecular formula is C25H17ClN4. The Morgan fingerprint density at radius 3 is 2.60 bits per heavy atom. The number of hydrogen-bond acceptors (Lipinski definition) is 4. The first-order valence-corrected chi connectivity index (χ1v) is 10.0. The Kier molecular flexibility index (Phi) is 4.46. The lowest BCUT2D eigenvalue weighted by Crippen LogP contribution is -2.44. The molecule has 1 unspecified atom stereocenters. The number of halogens is 1. The lowest BCUT2D eigenvalue weighted by molar-refractivity contribution is 0.523. The molecule has 2 heterocycles. The van der Waals surface area contributed by atoms with Gasteiger partial charge in [-0.2, -0.15) is 5.26 Å². The largest absolute Gasteiger partial charge is 0.355 e. The quantitative estimate of drug-likeness (QED) is 0.515. The van der Waals surface area contributed by atoms with Crippen molar-refractivity contribution in [2.24, 2.45) is 4.99 Å². The van der Waals surface area contributed by atoms with Crippen LogP contribution in [0, 0.1) is 11.3 Å². The molecule has 5 heteroatoms. The molecule has 0 amide bonds. The minimum Gasteiger partial charge on any atom is -0.355 e. The molecule has 0 saturated carbocycles. The summed E-state index contributed by atoms with van der Waals surface area (Å²) in [4.78, 5) is 9.50. The van der Waals surface area contributed by atoms with Gasteiger partial charge in [-0.05, 0) is 42.0 Å². The monoisotopic (exact) mass is 408 g/mol. The van der Waals surface area contributed by atoms with Gasteiger partial charge in [-0.1, -0.05) is 54.1 Å². The molecule has 30 heavy (non-hydrogen) atoms. The third-order valence-electron chi connectivity index (χ3n) is 5.49. The van der Waals surface area contributed by atoms with Gasteiger partial charge in [0, 0.05) is 27.7 Å². The van der Waals surface area contributed by atoms with Gasteiger partial charge in [0.05, 0.1) is 23.7 Å². The summed E-state index contributed by atoms with van der Waals surface area (Å²) in [5.74, 6) is 0.759. The number of fused-ring (bicyclic) bond motifs is 1. The maximum atomic E-state index is 9.26. The summed E-state index contributed by atoms with van der Waals surface area (Å²) in [5, 5.41) is 14.7. The lowest BCUT2D eigenvalue weighted by Gasteiger charge is -2.31. The van der Waals surface area contributed by atoms with E-state index in [9.17, 15) is 5.26 Å². The number of nitrogens with one attached hydrogen (secondary N) is 1. The smallest absolute Gasteiger partial charge is 0.129 e. The van der Waals surface area contributed by atoms with E-state index in [0.717, 1.165) is 33.4 Å². The van der Waals surface area contributed by atoms with E-state index in [-0.39, 0.29) is 0 Å². The number of benzene rings is 3. The second kappa shape index (κ2) is 7.29. The average Bonchev–Trinajstić information content (AvgIpc) is 3.26. The number of nitrogens with zero attached hydrogens (tertiary/aromatic N) is 3. The van der Waals surface area contributed by atoms with Crippen LogP contribution in [-0.4, -0.2) is 17.4 Å². The predicted molar refractivity (Wildman–Crippen MR) is 120 cm³/mol. The van der Waals surface area contributed by atoms with Gasteiger partial charge in [0.2, 0.25) is 0 Å². The zero-order valence-electron chi connectivity index (χ0n) is 16.0. The molecule has 0 fully saturated rings. The van der Waals surface area contributed by atoms with E-state index in [1.807, 2.05) is 66.9 Å². The standard InChI is InChI=1S/C25H17ClN4/c26-22-10-8-20(9-11-22)25(21-13-18-5-1-2-7-23(18)28-15-21)16-29-24(30-25)19-6-3-4-17(12-19)14-27/h1-13,15H,16H2,(H,29,30). The van der Waals surface area contributed by atoms with E-state index in [2.05, 4.69) is 28.5 Å². The number of amidine groups is 1. The summed E-state index contributed by atoms with van der Waals surface area (Å²) in [6.07, 6.45) is 1.91. The van der Waals surface area contributed by atoms with Crippen molar-refractivity contribution in [2.75, 3.05) is 6.54 Å². The highest BCUT2D eigenvalue weighted by Gasteiger charge is 2.39. The Morgan fingerprint density at radius 1 is 0.933 bits per heavy atom. The van der Waals surface area contributed by atoms with Crippen molar-refractivity contribution in [3.63, 3.8) is 0 Å². The highest BCUT2D eigenvalue weighted by Crippen LogP contribution is 2.35. The van der Waals surface area contributed by atoms with Crippen molar-refractivity contribution in [3.8, 4) is 6.07 Å². The van der Waals surface area contributed by atoms with Crippen molar-refractivity contribution in [1.82, 2.24) is 10.3 Å². The predicted octanol–water partition coefficient (Wildman–Crippen LogP) is 5.05. The number of aromatic nitrogens is 1. The molecule has 144 valence electrons. The van der Waals surface area contributed by atoms with Crippen LogP contribution in [0.1, 0.15) is 22.3 Å². The first-order valence-electron chi connectivity index (χ1n) is 9.62. The molecule has 1 aromatic heterocycles. The van der Waals surface area contributed by atoms with Crippen LogP contribution in [0.3, 0.4) is 0 Å². The first kappa shape index (κ1) is 18.4. The molecule has 0 radical (unpaired) electrons. The van der Waals surface area contributed by atoms with Gasteiger partial charge in [-0.15, -0.1) is 0 Å². The Hall–Kier alpha value is -3.68. The van der Waals surface area contributed by atoms with Crippen LogP contribution in [0.25, 0.3) is 10.9 Å². The van der Waals surface area contributed by atoms with E-state index in [0.29, 0.717) is 17.1 Å². The van der Waals surface area contributed by atoms with Gasteiger partial charge in [0.1, 0.15) is 11.4 Å². The van der Waals surface area contributed by atoms with Gasteiger partial charge < -0.3 is 5.32 Å². The van der Waals surface area contributed by atoms with E-state index < -0.39 is 5.54 Å². The Labute approximate surface area is 179 Å².